The van der Waals surface area contributed by atoms with Crippen LogP contribution in [0.3, 0.4) is 0 Å². The molecule has 2 nitrogen and oxygen atoms in total. The molecule has 1 aromatic rings. The Balaban J connectivity index is 2.70. The van der Waals surface area contributed by atoms with Crippen LogP contribution in [0.2, 0.25) is 0 Å². The van der Waals surface area contributed by atoms with Crippen molar-refractivity contribution in [3.63, 3.8) is 0 Å². The van der Waals surface area contributed by atoms with Crippen LogP contribution in [0, 0.1) is 11.8 Å². The van der Waals surface area contributed by atoms with Crippen molar-refractivity contribution in [1.82, 2.24) is 0 Å². The minimum absolute atomic E-state index is 0.174. The summed E-state index contributed by atoms with van der Waals surface area (Å²) >= 11 is 0. The number of benzene rings is 1. The van der Waals surface area contributed by atoms with Crippen molar-refractivity contribution in [2.45, 2.75) is 20.3 Å². The van der Waals surface area contributed by atoms with Crippen molar-refractivity contribution < 1.29 is 9.90 Å². The van der Waals surface area contributed by atoms with Gasteiger partial charge >= 0.3 is 5.97 Å². The lowest BCUT2D eigenvalue weighted by Crippen LogP contribution is -2.22. The molecule has 2 heteroatoms. The molecule has 1 rings (SSSR count). The molecule has 0 aliphatic rings. The van der Waals surface area contributed by atoms with Gasteiger partial charge in [-0.1, -0.05) is 44.2 Å². The molecule has 1 atom stereocenters. The van der Waals surface area contributed by atoms with E-state index in [1.165, 1.54) is 0 Å². The van der Waals surface area contributed by atoms with Crippen LogP contribution >= 0.6 is 0 Å². The molecular weight excluding hydrogens is 176 g/mol. The lowest BCUT2D eigenvalue weighted by Gasteiger charge is -2.15. The van der Waals surface area contributed by atoms with E-state index in [1.54, 1.807) is 0 Å². The maximum atomic E-state index is 10.9. The molecule has 0 heterocycles. The molecule has 1 N–H and O–H groups in total. The summed E-state index contributed by atoms with van der Waals surface area (Å²) in [6.45, 7) is 3.89. The van der Waals surface area contributed by atoms with Gasteiger partial charge in [0.05, 0.1) is 5.92 Å². The molecule has 0 aliphatic heterocycles. The Morgan fingerprint density at radius 2 is 1.86 bits per heavy atom. The van der Waals surface area contributed by atoms with Gasteiger partial charge in [-0.25, -0.2) is 0 Å². The van der Waals surface area contributed by atoms with Crippen LogP contribution in [0.4, 0.5) is 0 Å². The van der Waals surface area contributed by atoms with Crippen molar-refractivity contribution in [1.29, 1.82) is 0 Å². The topological polar surface area (TPSA) is 37.3 Å². The largest absolute Gasteiger partial charge is 0.481 e. The van der Waals surface area contributed by atoms with Crippen LogP contribution in [0.1, 0.15) is 19.4 Å². The van der Waals surface area contributed by atoms with Crippen LogP contribution in [-0.4, -0.2) is 11.1 Å². The SMILES string of the molecule is CC(C)[C@H](Cc1ccccc1)C(=O)O. The normalized spacial score (nSPS) is 12.8. The molecule has 0 aromatic heterocycles. The number of carboxylic acid groups (broad SMARTS) is 1. The summed E-state index contributed by atoms with van der Waals surface area (Å²) in [7, 11) is 0. The van der Waals surface area contributed by atoms with E-state index >= 15 is 0 Å². The number of rotatable bonds is 4. The molecule has 14 heavy (non-hydrogen) atoms. The highest BCUT2D eigenvalue weighted by Crippen LogP contribution is 2.17. The van der Waals surface area contributed by atoms with Gasteiger partial charge in [0.2, 0.25) is 0 Å². The quantitative estimate of drug-likeness (QED) is 0.796. The average molecular weight is 192 g/mol. The summed E-state index contributed by atoms with van der Waals surface area (Å²) in [5.41, 5.74) is 1.09. The molecule has 0 unspecified atom stereocenters. The number of carboxylic acids is 1. The minimum atomic E-state index is -0.705. The summed E-state index contributed by atoms with van der Waals surface area (Å²) in [4.78, 5) is 10.9. The van der Waals surface area contributed by atoms with Crippen LogP contribution in [0.15, 0.2) is 30.3 Å². The van der Waals surface area contributed by atoms with Gasteiger partial charge < -0.3 is 5.11 Å². The summed E-state index contributed by atoms with van der Waals surface area (Å²) in [6.07, 6.45) is 0.619. The molecule has 1 aromatic carbocycles. The Kier molecular flexibility index (Phi) is 3.69. The Morgan fingerprint density at radius 3 is 2.29 bits per heavy atom. The van der Waals surface area contributed by atoms with Crippen LogP contribution in [0.25, 0.3) is 0 Å². The standard InChI is InChI=1S/C12H16O2/c1-9(2)11(12(13)14)8-10-6-4-3-5-7-10/h3-7,9,11H,8H2,1-2H3,(H,13,14)/t11-/m0/s1. The van der Waals surface area contributed by atoms with E-state index < -0.39 is 5.97 Å². The van der Waals surface area contributed by atoms with Crippen LogP contribution in [0.5, 0.6) is 0 Å². The molecule has 0 aliphatic carbocycles. The van der Waals surface area contributed by atoms with Gasteiger partial charge in [0.1, 0.15) is 0 Å². The first-order chi connectivity index (χ1) is 6.61. The summed E-state index contributed by atoms with van der Waals surface area (Å²) in [5.74, 6) is -0.811. The molecule has 0 bridgehead atoms. The Morgan fingerprint density at radius 1 is 1.29 bits per heavy atom. The third-order valence-corrected chi connectivity index (χ3v) is 2.42. The third-order valence-electron chi connectivity index (χ3n) is 2.42. The third kappa shape index (κ3) is 2.87. The van der Waals surface area contributed by atoms with E-state index in [9.17, 15) is 4.79 Å². The fraction of sp³-hybridized carbons (Fsp3) is 0.417. The average Bonchev–Trinajstić information content (AvgIpc) is 2.15. The van der Waals surface area contributed by atoms with E-state index in [1.807, 2.05) is 44.2 Å². The van der Waals surface area contributed by atoms with Crippen molar-refractivity contribution >= 4 is 5.97 Å². The van der Waals surface area contributed by atoms with Gasteiger partial charge in [-0.2, -0.15) is 0 Å². The Labute approximate surface area is 84.6 Å². The lowest BCUT2D eigenvalue weighted by atomic mass is 9.89. The molecule has 0 saturated heterocycles. The van der Waals surface area contributed by atoms with Crippen molar-refractivity contribution in [3.8, 4) is 0 Å². The zero-order chi connectivity index (χ0) is 10.6. The van der Waals surface area contributed by atoms with E-state index in [0.29, 0.717) is 6.42 Å². The van der Waals surface area contributed by atoms with Gasteiger partial charge in [-0.3, -0.25) is 4.79 Å². The van der Waals surface area contributed by atoms with Crippen molar-refractivity contribution in [3.05, 3.63) is 35.9 Å². The highest BCUT2D eigenvalue weighted by atomic mass is 16.4. The first kappa shape index (κ1) is 10.8. The van der Waals surface area contributed by atoms with Crippen LogP contribution < -0.4 is 0 Å². The van der Waals surface area contributed by atoms with Crippen molar-refractivity contribution in [2.24, 2.45) is 11.8 Å². The molecule has 0 spiro atoms. The van der Waals surface area contributed by atoms with E-state index in [0.717, 1.165) is 5.56 Å². The van der Waals surface area contributed by atoms with Crippen LogP contribution in [-0.2, 0) is 11.2 Å². The summed E-state index contributed by atoms with van der Waals surface area (Å²) in [5, 5.41) is 9.00. The number of hydrogen-bond donors (Lipinski definition) is 1. The Bertz CT molecular complexity index is 290. The van der Waals surface area contributed by atoms with E-state index in [-0.39, 0.29) is 11.8 Å². The fourth-order valence-electron chi connectivity index (χ4n) is 1.48. The van der Waals surface area contributed by atoms with Gasteiger partial charge in [0, 0.05) is 0 Å². The van der Waals surface area contributed by atoms with Gasteiger partial charge in [0.25, 0.3) is 0 Å². The second-order valence-corrected chi connectivity index (χ2v) is 3.88. The summed E-state index contributed by atoms with van der Waals surface area (Å²) in [6, 6.07) is 9.76. The van der Waals surface area contributed by atoms with Gasteiger partial charge in [-0.05, 0) is 17.9 Å². The first-order valence-electron chi connectivity index (χ1n) is 4.88. The predicted octanol–water partition coefficient (Wildman–Crippen LogP) is 2.59. The first-order valence-corrected chi connectivity index (χ1v) is 4.88. The monoisotopic (exact) mass is 192 g/mol. The van der Waals surface area contributed by atoms with E-state index in [4.69, 9.17) is 5.11 Å². The maximum Gasteiger partial charge on any atom is 0.307 e. The second kappa shape index (κ2) is 4.80. The smallest absolute Gasteiger partial charge is 0.307 e. The molecule has 76 valence electrons. The molecule has 0 saturated carbocycles. The predicted molar refractivity (Wildman–Crippen MR) is 56.1 cm³/mol. The molecule has 0 amide bonds. The van der Waals surface area contributed by atoms with E-state index in [2.05, 4.69) is 0 Å². The number of hydrogen-bond acceptors (Lipinski definition) is 1. The van der Waals surface area contributed by atoms with Gasteiger partial charge in [0.15, 0.2) is 0 Å². The van der Waals surface area contributed by atoms with Gasteiger partial charge in [-0.15, -0.1) is 0 Å². The fourth-order valence-corrected chi connectivity index (χ4v) is 1.48. The highest BCUT2D eigenvalue weighted by Gasteiger charge is 2.21. The Hall–Kier alpha value is -1.31. The number of carbonyl (C=O) groups is 1. The molecule has 0 fully saturated rings. The number of aliphatic carboxylic acids is 1. The second-order valence-electron chi connectivity index (χ2n) is 3.88. The maximum absolute atomic E-state index is 10.9. The highest BCUT2D eigenvalue weighted by molar-refractivity contribution is 5.70. The zero-order valence-corrected chi connectivity index (χ0v) is 8.60. The minimum Gasteiger partial charge on any atom is -0.481 e. The molecular formula is C12H16O2. The molecule has 0 radical (unpaired) electrons. The lowest BCUT2D eigenvalue weighted by molar-refractivity contribution is -0.143. The summed E-state index contributed by atoms with van der Waals surface area (Å²) < 4.78 is 0. The van der Waals surface area contributed by atoms with Crippen molar-refractivity contribution in [2.75, 3.05) is 0 Å². The zero-order valence-electron chi connectivity index (χ0n) is 8.60.